The summed E-state index contributed by atoms with van der Waals surface area (Å²) in [6, 6.07) is 0. The molecular weight excluding hydrogens is 318 g/mol. The number of carbonyl (C=O) groups is 1. The first-order chi connectivity index (χ1) is 12.1. The van der Waals surface area contributed by atoms with Crippen LogP contribution in [0.25, 0.3) is 0 Å². The van der Waals surface area contributed by atoms with Crippen LogP contribution in [0.4, 0.5) is 0 Å². The molecule has 7 heteroatoms. The Labute approximate surface area is 151 Å². The minimum absolute atomic E-state index is 0.277. The van der Waals surface area contributed by atoms with E-state index in [9.17, 15) is 9.90 Å². The van der Waals surface area contributed by atoms with Crippen LogP contribution in [0, 0.1) is 0 Å². The van der Waals surface area contributed by atoms with E-state index in [1.54, 1.807) is 0 Å². The highest BCUT2D eigenvalue weighted by molar-refractivity contribution is 5.80. The lowest BCUT2D eigenvalue weighted by Crippen LogP contribution is -2.54. The second-order valence-electron chi connectivity index (χ2n) is 7.60. The van der Waals surface area contributed by atoms with Crippen molar-refractivity contribution in [1.29, 1.82) is 0 Å². The largest absolute Gasteiger partial charge is 0.388 e. The first-order valence-electron chi connectivity index (χ1n) is 9.85. The number of nitrogens with one attached hydrogen (secondary N) is 1. The maximum Gasteiger partial charge on any atom is 0.236 e. The van der Waals surface area contributed by atoms with Gasteiger partial charge in [-0.2, -0.15) is 0 Å². The van der Waals surface area contributed by atoms with Gasteiger partial charge in [0.05, 0.1) is 18.7 Å². The van der Waals surface area contributed by atoms with E-state index in [-0.39, 0.29) is 5.91 Å². The van der Waals surface area contributed by atoms with Crippen molar-refractivity contribution in [3.05, 3.63) is 0 Å². The van der Waals surface area contributed by atoms with Crippen LogP contribution in [0.1, 0.15) is 39.0 Å². The van der Waals surface area contributed by atoms with Crippen molar-refractivity contribution in [2.45, 2.75) is 44.6 Å². The first kappa shape index (κ1) is 18.5. The number of hydrogen-bond acceptors (Lipinski definition) is 4. The molecule has 1 saturated carbocycles. The van der Waals surface area contributed by atoms with E-state index in [4.69, 9.17) is 0 Å². The molecule has 0 aromatic carbocycles. The summed E-state index contributed by atoms with van der Waals surface area (Å²) in [6.45, 7) is 9.29. The quantitative estimate of drug-likeness (QED) is 0.543. The van der Waals surface area contributed by atoms with Gasteiger partial charge < -0.3 is 20.2 Å². The summed E-state index contributed by atoms with van der Waals surface area (Å²) in [7, 11) is 0. The van der Waals surface area contributed by atoms with Gasteiger partial charge in [-0.15, -0.1) is 0 Å². The van der Waals surface area contributed by atoms with E-state index in [2.05, 4.69) is 27.0 Å². The molecule has 0 aromatic rings. The predicted molar refractivity (Wildman–Crippen MR) is 98.6 cm³/mol. The number of nitrogens with zero attached hydrogens (tertiary/aromatic N) is 4. The third-order valence-corrected chi connectivity index (χ3v) is 5.63. The Kier molecular flexibility index (Phi) is 6.17. The van der Waals surface area contributed by atoms with Crippen LogP contribution in [-0.4, -0.2) is 96.2 Å². The van der Waals surface area contributed by atoms with Gasteiger partial charge in [-0.05, 0) is 39.0 Å². The van der Waals surface area contributed by atoms with E-state index in [0.717, 1.165) is 83.9 Å². The SMILES string of the molecule is CCNC(=NCC1(O)CCC1)N1CCN(CC(=O)N2CCCC2)CC1. The molecule has 1 aliphatic carbocycles. The summed E-state index contributed by atoms with van der Waals surface area (Å²) in [5.74, 6) is 1.17. The van der Waals surface area contributed by atoms with Crippen LogP contribution in [0.3, 0.4) is 0 Å². The van der Waals surface area contributed by atoms with Gasteiger partial charge in [-0.3, -0.25) is 14.7 Å². The van der Waals surface area contributed by atoms with Crippen LogP contribution >= 0.6 is 0 Å². The molecule has 0 bridgehead atoms. The molecule has 142 valence electrons. The van der Waals surface area contributed by atoms with Gasteiger partial charge in [-0.1, -0.05) is 0 Å². The maximum atomic E-state index is 12.3. The second kappa shape index (κ2) is 8.36. The normalized spacial score (nSPS) is 24.3. The molecule has 0 atom stereocenters. The molecule has 0 unspecified atom stereocenters. The minimum Gasteiger partial charge on any atom is -0.388 e. The number of aliphatic hydroxyl groups is 1. The molecular formula is C18H33N5O2. The number of piperazine rings is 1. The Morgan fingerprint density at radius 3 is 2.28 bits per heavy atom. The summed E-state index contributed by atoms with van der Waals surface area (Å²) < 4.78 is 0. The lowest BCUT2D eigenvalue weighted by Gasteiger charge is -2.38. The van der Waals surface area contributed by atoms with E-state index >= 15 is 0 Å². The van der Waals surface area contributed by atoms with Crippen molar-refractivity contribution in [2.75, 3.05) is 58.9 Å². The smallest absolute Gasteiger partial charge is 0.236 e. The molecule has 25 heavy (non-hydrogen) atoms. The number of aliphatic imine (C=N–C) groups is 1. The number of carbonyl (C=O) groups excluding carboxylic acids is 1. The van der Waals surface area contributed by atoms with Crippen LogP contribution in [-0.2, 0) is 4.79 Å². The fraction of sp³-hybridized carbons (Fsp3) is 0.889. The van der Waals surface area contributed by atoms with Gasteiger partial charge in [0, 0.05) is 45.8 Å². The zero-order valence-electron chi connectivity index (χ0n) is 15.5. The molecule has 3 aliphatic rings. The van der Waals surface area contributed by atoms with Crippen molar-refractivity contribution < 1.29 is 9.90 Å². The third kappa shape index (κ3) is 4.85. The number of hydrogen-bond donors (Lipinski definition) is 2. The Hall–Kier alpha value is -1.34. The lowest BCUT2D eigenvalue weighted by atomic mass is 9.80. The molecule has 7 nitrogen and oxygen atoms in total. The Bertz CT molecular complexity index is 478. The van der Waals surface area contributed by atoms with Crippen molar-refractivity contribution in [3.63, 3.8) is 0 Å². The minimum atomic E-state index is -0.579. The van der Waals surface area contributed by atoms with E-state index in [1.165, 1.54) is 0 Å². The van der Waals surface area contributed by atoms with Crippen LogP contribution in [0.15, 0.2) is 4.99 Å². The fourth-order valence-corrected chi connectivity index (χ4v) is 3.77. The molecule has 2 heterocycles. The number of likely N-dealkylation sites (tertiary alicyclic amines) is 1. The standard InChI is InChI=1S/C18H33N5O2/c1-2-19-17(20-15-18(25)6-5-7-18)23-12-10-21(11-13-23)14-16(24)22-8-3-4-9-22/h25H,2-15H2,1H3,(H,19,20). The zero-order valence-corrected chi connectivity index (χ0v) is 15.5. The second-order valence-corrected chi connectivity index (χ2v) is 7.60. The summed E-state index contributed by atoms with van der Waals surface area (Å²) in [4.78, 5) is 23.5. The van der Waals surface area contributed by atoms with Crippen molar-refractivity contribution in [3.8, 4) is 0 Å². The fourth-order valence-electron chi connectivity index (χ4n) is 3.77. The highest BCUT2D eigenvalue weighted by Gasteiger charge is 2.34. The molecule has 0 spiro atoms. The molecule has 1 amide bonds. The van der Waals surface area contributed by atoms with Gasteiger partial charge in [-0.25, -0.2) is 0 Å². The Morgan fingerprint density at radius 1 is 1.04 bits per heavy atom. The van der Waals surface area contributed by atoms with Gasteiger partial charge in [0.2, 0.25) is 5.91 Å². The molecule has 3 fully saturated rings. The molecule has 3 rings (SSSR count). The van der Waals surface area contributed by atoms with Gasteiger partial charge >= 0.3 is 0 Å². The van der Waals surface area contributed by atoms with E-state index in [0.29, 0.717) is 13.1 Å². The summed E-state index contributed by atoms with van der Waals surface area (Å²) >= 11 is 0. The highest BCUT2D eigenvalue weighted by Crippen LogP contribution is 2.31. The summed E-state index contributed by atoms with van der Waals surface area (Å²) in [5.41, 5.74) is -0.579. The predicted octanol–water partition coefficient (Wildman–Crippen LogP) is 0.107. The summed E-state index contributed by atoms with van der Waals surface area (Å²) in [5, 5.41) is 13.6. The van der Waals surface area contributed by atoms with Crippen LogP contribution in [0.2, 0.25) is 0 Å². The average Bonchev–Trinajstić information content (AvgIpc) is 3.12. The highest BCUT2D eigenvalue weighted by atomic mass is 16.3. The van der Waals surface area contributed by atoms with Crippen LogP contribution < -0.4 is 5.32 Å². The maximum absolute atomic E-state index is 12.3. The Morgan fingerprint density at radius 2 is 1.72 bits per heavy atom. The van der Waals surface area contributed by atoms with E-state index in [1.807, 2.05) is 4.90 Å². The van der Waals surface area contributed by atoms with Crippen molar-refractivity contribution >= 4 is 11.9 Å². The van der Waals surface area contributed by atoms with Crippen molar-refractivity contribution in [2.24, 2.45) is 4.99 Å². The number of rotatable bonds is 5. The topological polar surface area (TPSA) is 71.4 Å². The molecule has 2 saturated heterocycles. The molecule has 2 N–H and O–H groups in total. The zero-order chi connectivity index (χ0) is 17.7. The first-order valence-corrected chi connectivity index (χ1v) is 9.85. The average molecular weight is 351 g/mol. The van der Waals surface area contributed by atoms with E-state index < -0.39 is 5.60 Å². The Balaban J connectivity index is 1.47. The monoisotopic (exact) mass is 351 g/mol. The third-order valence-electron chi connectivity index (χ3n) is 5.63. The van der Waals surface area contributed by atoms with Crippen molar-refractivity contribution in [1.82, 2.24) is 20.0 Å². The van der Waals surface area contributed by atoms with Crippen LogP contribution in [0.5, 0.6) is 0 Å². The van der Waals surface area contributed by atoms with Gasteiger partial charge in [0.25, 0.3) is 0 Å². The molecule has 0 radical (unpaired) electrons. The van der Waals surface area contributed by atoms with Gasteiger partial charge in [0.1, 0.15) is 0 Å². The lowest BCUT2D eigenvalue weighted by molar-refractivity contribution is -0.131. The number of amides is 1. The summed E-state index contributed by atoms with van der Waals surface area (Å²) in [6.07, 6.45) is 5.12. The van der Waals surface area contributed by atoms with Gasteiger partial charge in [0.15, 0.2) is 5.96 Å². The molecule has 2 aliphatic heterocycles. The molecule has 0 aromatic heterocycles. The number of guanidine groups is 1.